The van der Waals surface area contributed by atoms with E-state index in [1.165, 1.54) is 0 Å². The maximum Gasteiger partial charge on any atom is 0.345 e. The average molecular weight is 246 g/mol. The van der Waals surface area contributed by atoms with E-state index in [1.54, 1.807) is 0 Å². The number of aliphatic hydroxyl groups is 4. The lowest BCUT2D eigenvalue weighted by Gasteiger charge is -2.32. The highest BCUT2D eigenvalue weighted by Gasteiger charge is 2.58. The van der Waals surface area contributed by atoms with Gasteiger partial charge in [-0.05, 0) is 6.92 Å². The second-order valence-electron chi connectivity index (χ2n) is 3.55. The highest BCUT2D eigenvalue weighted by atomic mass is 16.4. The Labute approximate surface area is 94.4 Å². The number of rotatable bonds is 2. The zero-order chi connectivity index (χ0) is 13.5. The van der Waals surface area contributed by atoms with Crippen LogP contribution in [0.5, 0.6) is 0 Å². The predicted molar refractivity (Wildman–Crippen MR) is 51.3 cm³/mol. The van der Waals surface area contributed by atoms with Crippen molar-refractivity contribution in [3.8, 4) is 0 Å². The minimum absolute atomic E-state index is 0.416. The number of aliphatic hydroxyl groups excluding tert-OH is 3. The Balaban J connectivity index is 3.60. The molecule has 2 atom stereocenters. The molecule has 1 aliphatic rings. The van der Waals surface area contributed by atoms with Gasteiger partial charge in [0.15, 0.2) is 17.4 Å². The maximum absolute atomic E-state index is 10.8. The van der Waals surface area contributed by atoms with Crippen molar-refractivity contribution in [2.45, 2.75) is 12.5 Å². The van der Waals surface area contributed by atoms with Gasteiger partial charge in [0.1, 0.15) is 5.76 Å². The van der Waals surface area contributed by atoms with E-state index in [0.29, 0.717) is 0 Å². The molecule has 0 bridgehead atoms. The molecule has 0 aromatic carbocycles. The van der Waals surface area contributed by atoms with Gasteiger partial charge < -0.3 is 30.6 Å². The van der Waals surface area contributed by atoms with E-state index >= 15 is 0 Å². The number of hydrogen-bond donors (Lipinski definition) is 6. The Morgan fingerprint density at radius 2 is 1.65 bits per heavy atom. The number of carboxylic acid groups (broad SMARTS) is 2. The van der Waals surface area contributed by atoms with Gasteiger partial charge in [0, 0.05) is 5.57 Å². The zero-order valence-corrected chi connectivity index (χ0v) is 8.58. The van der Waals surface area contributed by atoms with E-state index in [9.17, 15) is 30.0 Å². The summed E-state index contributed by atoms with van der Waals surface area (Å²) in [5.41, 5.74) is -3.72. The molecule has 0 radical (unpaired) electrons. The fourth-order valence-electron chi connectivity index (χ4n) is 1.55. The van der Waals surface area contributed by atoms with Crippen LogP contribution in [0.25, 0.3) is 0 Å². The summed E-state index contributed by atoms with van der Waals surface area (Å²) in [5.74, 6) is -9.77. The minimum Gasteiger partial charge on any atom is -0.511 e. The highest BCUT2D eigenvalue weighted by Crippen LogP contribution is 2.39. The summed E-state index contributed by atoms with van der Waals surface area (Å²) in [7, 11) is 0. The van der Waals surface area contributed by atoms with Crippen LogP contribution in [-0.4, -0.2) is 48.2 Å². The molecule has 0 amide bonds. The van der Waals surface area contributed by atoms with Crippen LogP contribution in [0.4, 0.5) is 0 Å². The van der Waals surface area contributed by atoms with Gasteiger partial charge in [0.2, 0.25) is 5.60 Å². The van der Waals surface area contributed by atoms with Crippen molar-refractivity contribution in [2.75, 3.05) is 0 Å². The zero-order valence-electron chi connectivity index (χ0n) is 8.58. The summed E-state index contributed by atoms with van der Waals surface area (Å²) in [6, 6.07) is 0. The van der Waals surface area contributed by atoms with Crippen molar-refractivity contribution in [3.63, 3.8) is 0 Å². The van der Waals surface area contributed by atoms with Crippen LogP contribution in [0, 0.1) is 5.92 Å². The van der Waals surface area contributed by atoms with Crippen LogP contribution in [0.15, 0.2) is 22.9 Å². The maximum atomic E-state index is 10.8. The topological polar surface area (TPSA) is 156 Å². The van der Waals surface area contributed by atoms with E-state index in [-0.39, 0.29) is 0 Å². The van der Waals surface area contributed by atoms with Gasteiger partial charge in [-0.3, -0.25) is 4.79 Å². The van der Waals surface area contributed by atoms with Crippen LogP contribution in [0.3, 0.4) is 0 Å². The molecule has 17 heavy (non-hydrogen) atoms. The molecule has 8 heteroatoms. The van der Waals surface area contributed by atoms with Crippen LogP contribution >= 0.6 is 0 Å². The van der Waals surface area contributed by atoms with Gasteiger partial charge in [0.25, 0.3) is 0 Å². The molecule has 0 aliphatic heterocycles. The molecule has 0 aromatic heterocycles. The third-order valence-electron chi connectivity index (χ3n) is 2.59. The first-order valence-corrected chi connectivity index (χ1v) is 4.37. The molecule has 0 fully saturated rings. The third kappa shape index (κ3) is 1.49. The molecular formula is C9H10O8. The lowest BCUT2D eigenvalue weighted by Crippen LogP contribution is -2.54. The first-order chi connectivity index (χ1) is 7.65. The van der Waals surface area contributed by atoms with Crippen LogP contribution in [0.1, 0.15) is 6.92 Å². The summed E-state index contributed by atoms with van der Waals surface area (Å²) in [6.07, 6.45) is 0. The Morgan fingerprint density at radius 3 is 2.00 bits per heavy atom. The molecule has 0 saturated carbocycles. The van der Waals surface area contributed by atoms with Crippen molar-refractivity contribution in [1.29, 1.82) is 0 Å². The smallest absolute Gasteiger partial charge is 0.345 e. The fourth-order valence-corrected chi connectivity index (χ4v) is 1.55. The number of carbonyl (C=O) groups is 2. The molecule has 0 saturated heterocycles. The van der Waals surface area contributed by atoms with Crippen molar-refractivity contribution in [2.24, 2.45) is 5.92 Å². The van der Waals surface area contributed by atoms with Gasteiger partial charge in [0.05, 0.1) is 0 Å². The van der Waals surface area contributed by atoms with Gasteiger partial charge in [-0.25, -0.2) is 4.79 Å². The summed E-state index contributed by atoms with van der Waals surface area (Å²) >= 11 is 0. The monoisotopic (exact) mass is 246 g/mol. The molecular weight excluding hydrogens is 236 g/mol. The lowest BCUT2D eigenvalue weighted by atomic mass is 9.78. The van der Waals surface area contributed by atoms with Crippen molar-refractivity contribution < 1.29 is 40.2 Å². The Hall–Kier alpha value is -2.22. The third-order valence-corrected chi connectivity index (χ3v) is 2.59. The molecule has 1 aliphatic carbocycles. The number of aliphatic carboxylic acids is 2. The molecule has 0 spiro atoms. The molecule has 8 nitrogen and oxygen atoms in total. The molecule has 94 valence electrons. The normalized spacial score (nSPS) is 29.4. The molecule has 0 aromatic rings. The second-order valence-corrected chi connectivity index (χ2v) is 3.55. The number of allylic oxidation sites excluding steroid dienone is 1. The summed E-state index contributed by atoms with van der Waals surface area (Å²) < 4.78 is 0. The molecule has 1 rings (SSSR count). The van der Waals surface area contributed by atoms with Crippen LogP contribution in [-0.2, 0) is 9.59 Å². The molecule has 2 unspecified atom stereocenters. The van der Waals surface area contributed by atoms with Crippen molar-refractivity contribution in [1.82, 2.24) is 0 Å². The van der Waals surface area contributed by atoms with E-state index < -0.39 is 46.3 Å². The fraction of sp³-hybridized carbons (Fsp3) is 0.333. The van der Waals surface area contributed by atoms with Gasteiger partial charge >= 0.3 is 11.9 Å². The van der Waals surface area contributed by atoms with Crippen LogP contribution < -0.4 is 0 Å². The van der Waals surface area contributed by atoms with E-state index in [0.717, 1.165) is 6.92 Å². The Kier molecular flexibility index (Phi) is 2.77. The summed E-state index contributed by atoms with van der Waals surface area (Å²) in [6.45, 7) is 1.07. The summed E-state index contributed by atoms with van der Waals surface area (Å²) in [5, 5.41) is 55.3. The summed E-state index contributed by atoms with van der Waals surface area (Å²) in [4.78, 5) is 21.7. The van der Waals surface area contributed by atoms with Crippen molar-refractivity contribution in [3.05, 3.63) is 22.9 Å². The van der Waals surface area contributed by atoms with Crippen molar-refractivity contribution >= 4 is 11.9 Å². The highest BCUT2D eigenvalue weighted by molar-refractivity contribution is 5.91. The van der Waals surface area contributed by atoms with Crippen LogP contribution in [0.2, 0.25) is 0 Å². The average Bonchev–Trinajstić information content (AvgIpc) is 2.23. The number of carboxylic acids is 2. The Bertz CT molecular complexity index is 460. The van der Waals surface area contributed by atoms with Gasteiger partial charge in [-0.15, -0.1) is 0 Å². The minimum atomic E-state index is -3.31. The predicted octanol–water partition coefficient (Wildman–Crippen LogP) is -0.324. The number of hydrogen-bond acceptors (Lipinski definition) is 6. The SMILES string of the molecule is CC1=C(O)C(C(=O)O)C(O)(C(=O)O)C(O)=C1O. The largest absolute Gasteiger partial charge is 0.511 e. The second kappa shape index (κ2) is 3.67. The lowest BCUT2D eigenvalue weighted by molar-refractivity contribution is -0.173. The van der Waals surface area contributed by atoms with Gasteiger partial charge in [-0.1, -0.05) is 0 Å². The first kappa shape index (κ1) is 12.8. The van der Waals surface area contributed by atoms with E-state index in [2.05, 4.69) is 0 Å². The Morgan fingerprint density at radius 1 is 1.18 bits per heavy atom. The van der Waals surface area contributed by atoms with E-state index in [1.807, 2.05) is 0 Å². The van der Waals surface area contributed by atoms with E-state index in [4.69, 9.17) is 10.2 Å². The molecule has 6 N–H and O–H groups in total. The van der Waals surface area contributed by atoms with Gasteiger partial charge in [-0.2, -0.15) is 0 Å². The molecule has 0 heterocycles. The quantitative estimate of drug-likeness (QED) is 0.387. The first-order valence-electron chi connectivity index (χ1n) is 4.37. The standard InChI is InChI=1S/C9H10O8/c1-2-4(10)3(7(13)14)9(17,8(15)16)6(12)5(2)11/h3,10-12,17H,1H3,(H,13,14)(H,15,16).